The summed E-state index contributed by atoms with van der Waals surface area (Å²) in [4.78, 5) is 12.1. The van der Waals surface area contributed by atoms with Crippen molar-refractivity contribution in [2.45, 2.75) is 18.2 Å². The molecular weight excluding hydrogens is 300 g/mol. The molecule has 0 aliphatic heterocycles. The number of sulfonamides is 1. The molecule has 2 aromatic rings. The Balaban J connectivity index is 1.92. The Bertz CT molecular complexity index is 768. The minimum Gasteiger partial charge on any atom is -0.352 e. The maximum atomic E-state index is 12.0. The van der Waals surface area contributed by atoms with Crippen LogP contribution < -0.4 is 10.5 Å². The second-order valence-electron chi connectivity index (χ2n) is 5.01. The van der Waals surface area contributed by atoms with E-state index in [2.05, 4.69) is 5.32 Å². The van der Waals surface area contributed by atoms with Gasteiger partial charge in [-0.25, -0.2) is 13.6 Å². The van der Waals surface area contributed by atoms with Gasteiger partial charge in [0, 0.05) is 12.1 Å². The lowest BCUT2D eigenvalue weighted by atomic mass is 10.1. The van der Waals surface area contributed by atoms with Gasteiger partial charge in [0.1, 0.15) is 0 Å². The van der Waals surface area contributed by atoms with Crippen molar-refractivity contribution in [3.8, 4) is 0 Å². The van der Waals surface area contributed by atoms with Crippen LogP contribution in [0.4, 0.5) is 0 Å². The van der Waals surface area contributed by atoms with Gasteiger partial charge >= 0.3 is 0 Å². The second kappa shape index (κ2) is 6.72. The van der Waals surface area contributed by atoms with Gasteiger partial charge in [-0.2, -0.15) is 0 Å². The van der Waals surface area contributed by atoms with Crippen molar-refractivity contribution >= 4 is 15.9 Å². The summed E-state index contributed by atoms with van der Waals surface area (Å²) in [6, 6.07) is 13.7. The maximum absolute atomic E-state index is 12.0. The van der Waals surface area contributed by atoms with E-state index in [1.807, 2.05) is 25.1 Å². The van der Waals surface area contributed by atoms with Crippen LogP contribution in [0.5, 0.6) is 0 Å². The molecule has 5 nitrogen and oxygen atoms in total. The van der Waals surface area contributed by atoms with E-state index in [9.17, 15) is 13.2 Å². The molecule has 2 rings (SSSR count). The van der Waals surface area contributed by atoms with E-state index in [1.54, 1.807) is 18.2 Å². The quantitative estimate of drug-likeness (QED) is 0.878. The molecule has 0 aromatic heterocycles. The normalized spacial score (nSPS) is 11.2. The Hall–Kier alpha value is -2.18. The molecule has 6 heteroatoms. The third-order valence-electron chi connectivity index (χ3n) is 3.34. The van der Waals surface area contributed by atoms with E-state index in [0.717, 1.165) is 11.1 Å². The zero-order valence-corrected chi connectivity index (χ0v) is 13.1. The lowest BCUT2D eigenvalue weighted by molar-refractivity contribution is 0.0953. The standard InChI is InChI=1S/C16H18N2O3S/c1-12-4-2-3-5-15(12)16(19)18-11-10-13-6-8-14(9-7-13)22(17,20)21/h2-9H,10-11H2,1H3,(H,18,19)(H2,17,20,21). The Kier molecular flexibility index (Phi) is 4.95. The maximum Gasteiger partial charge on any atom is 0.251 e. The fourth-order valence-corrected chi connectivity index (χ4v) is 2.60. The molecule has 0 bridgehead atoms. The number of benzene rings is 2. The van der Waals surface area contributed by atoms with Gasteiger partial charge < -0.3 is 5.32 Å². The summed E-state index contributed by atoms with van der Waals surface area (Å²) in [6.07, 6.45) is 0.614. The van der Waals surface area contributed by atoms with Gasteiger partial charge in [-0.1, -0.05) is 30.3 Å². The molecule has 22 heavy (non-hydrogen) atoms. The van der Waals surface area contributed by atoms with Crippen molar-refractivity contribution in [3.63, 3.8) is 0 Å². The molecule has 0 aliphatic rings. The summed E-state index contributed by atoms with van der Waals surface area (Å²) in [6.45, 7) is 2.36. The highest BCUT2D eigenvalue weighted by molar-refractivity contribution is 7.89. The first-order valence-electron chi connectivity index (χ1n) is 6.83. The van der Waals surface area contributed by atoms with Gasteiger partial charge in [0.2, 0.25) is 10.0 Å². The monoisotopic (exact) mass is 318 g/mol. The number of nitrogens with one attached hydrogen (secondary N) is 1. The summed E-state index contributed by atoms with van der Waals surface area (Å²) in [5, 5.41) is 7.89. The molecule has 0 radical (unpaired) electrons. The van der Waals surface area contributed by atoms with Crippen LogP contribution in [0.3, 0.4) is 0 Å². The Morgan fingerprint density at radius 3 is 2.32 bits per heavy atom. The van der Waals surface area contributed by atoms with Crippen molar-refractivity contribution in [1.29, 1.82) is 0 Å². The molecule has 0 spiro atoms. The third kappa shape index (κ3) is 4.16. The van der Waals surface area contributed by atoms with E-state index in [0.29, 0.717) is 18.5 Å². The number of nitrogens with two attached hydrogens (primary N) is 1. The number of rotatable bonds is 5. The molecule has 1 amide bonds. The number of carbonyl (C=O) groups excluding carboxylic acids is 1. The molecule has 2 aromatic carbocycles. The zero-order chi connectivity index (χ0) is 16.2. The van der Waals surface area contributed by atoms with E-state index in [-0.39, 0.29) is 10.8 Å². The lowest BCUT2D eigenvalue weighted by Crippen LogP contribution is -2.26. The molecule has 3 N–H and O–H groups in total. The average molecular weight is 318 g/mol. The number of amides is 1. The van der Waals surface area contributed by atoms with Gasteiger partial charge in [-0.15, -0.1) is 0 Å². The predicted molar refractivity (Wildman–Crippen MR) is 85.0 cm³/mol. The van der Waals surface area contributed by atoms with Gasteiger partial charge in [-0.3, -0.25) is 4.79 Å². The minimum absolute atomic E-state index is 0.0835. The molecule has 116 valence electrons. The lowest BCUT2D eigenvalue weighted by Gasteiger charge is -2.08. The largest absolute Gasteiger partial charge is 0.352 e. The Morgan fingerprint density at radius 1 is 1.09 bits per heavy atom. The Labute approximate surface area is 130 Å². The number of hydrogen-bond donors (Lipinski definition) is 2. The van der Waals surface area contributed by atoms with Crippen LogP contribution in [0.1, 0.15) is 21.5 Å². The number of hydrogen-bond acceptors (Lipinski definition) is 3. The van der Waals surface area contributed by atoms with Crippen molar-refractivity contribution in [1.82, 2.24) is 5.32 Å². The van der Waals surface area contributed by atoms with Crippen molar-refractivity contribution in [2.75, 3.05) is 6.54 Å². The molecule has 0 atom stereocenters. The van der Waals surface area contributed by atoms with E-state index in [1.165, 1.54) is 12.1 Å². The first-order chi connectivity index (χ1) is 10.4. The third-order valence-corrected chi connectivity index (χ3v) is 4.27. The molecule has 0 aliphatic carbocycles. The molecule has 0 heterocycles. The molecule has 0 saturated carbocycles. The van der Waals surface area contributed by atoms with E-state index < -0.39 is 10.0 Å². The summed E-state index contributed by atoms with van der Waals surface area (Å²) in [7, 11) is -3.66. The van der Waals surface area contributed by atoms with Crippen LogP contribution in [-0.4, -0.2) is 20.9 Å². The van der Waals surface area contributed by atoms with Crippen LogP contribution in [-0.2, 0) is 16.4 Å². The highest BCUT2D eigenvalue weighted by Crippen LogP contribution is 2.09. The second-order valence-corrected chi connectivity index (χ2v) is 6.57. The fourth-order valence-electron chi connectivity index (χ4n) is 2.09. The number of carbonyl (C=O) groups is 1. The topological polar surface area (TPSA) is 89.3 Å². The summed E-state index contributed by atoms with van der Waals surface area (Å²) < 4.78 is 22.3. The van der Waals surface area contributed by atoms with Crippen LogP contribution in [0.15, 0.2) is 53.4 Å². The van der Waals surface area contributed by atoms with Crippen LogP contribution in [0.2, 0.25) is 0 Å². The number of aryl methyl sites for hydroxylation is 1. The first kappa shape index (κ1) is 16.2. The SMILES string of the molecule is Cc1ccccc1C(=O)NCCc1ccc(S(N)(=O)=O)cc1. The van der Waals surface area contributed by atoms with Crippen LogP contribution in [0, 0.1) is 6.92 Å². The summed E-state index contributed by atoms with van der Waals surface area (Å²) in [5.41, 5.74) is 2.52. The highest BCUT2D eigenvalue weighted by atomic mass is 32.2. The van der Waals surface area contributed by atoms with Crippen molar-refractivity contribution in [3.05, 3.63) is 65.2 Å². The van der Waals surface area contributed by atoms with Gasteiger partial charge in [-0.05, 0) is 42.7 Å². The zero-order valence-electron chi connectivity index (χ0n) is 12.2. The van der Waals surface area contributed by atoms with Crippen molar-refractivity contribution in [2.24, 2.45) is 5.14 Å². The fraction of sp³-hybridized carbons (Fsp3) is 0.188. The van der Waals surface area contributed by atoms with Gasteiger partial charge in [0.05, 0.1) is 4.90 Å². The van der Waals surface area contributed by atoms with Gasteiger partial charge in [0.25, 0.3) is 5.91 Å². The first-order valence-corrected chi connectivity index (χ1v) is 8.38. The summed E-state index contributed by atoms with van der Waals surface area (Å²) in [5.74, 6) is -0.112. The Morgan fingerprint density at radius 2 is 1.73 bits per heavy atom. The van der Waals surface area contributed by atoms with Crippen molar-refractivity contribution < 1.29 is 13.2 Å². The molecule has 0 fully saturated rings. The smallest absolute Gasteiger partial charge is 0.251 e. The highest BCUT2D eigenvalue weighted by Gasteiger charge is 2.08. The van der Waals surface area contributed by atoms with E-state index in [4.69, 9.17) is 5.14 Å². The molecule has 0 saturated heterocycles. The average Bonchev–Trinajstić information content (AvgIpc) is 2.47. The van der Waals surface area contributed by atoms with Crippen LogP contribution in [0.25, 0.3) is 0 Å². The summed E-state index contributed by atoms with van der Waals surface area (Å²) >= 11 is 0. The van der Waals surface area contributed by atoms with E-state index >= 15 is 0 Å². The number of primary sulfonamides is 1. The van der Waals surface area contributed by atoms with Crippen LogP contribution >= 0.6 is 0 Å². The van der Waals surface area contributed by atoms with Gasteiger partial charge in [0.15, 0.2) is 0 Å². The molecule has 0 unspecified atom stereocenters. The minimum atomic E-state index is -3.66. The predicted octanol–water partition coefficient (Wildman–Crippen LogP) is 1.61. The molecular formula is C16H18N2O3S.